The Labute approximate surface area is 236 Å². The van der Waals surface area contributed by atoms with Gasteiger partial charge in [0.05, 0.1) is 41.3 Å². The summed E-state index contributed by atoms with van der Waals surface area (Å²) in [5.41, 5.74) is 5.79. The van der Waals surface area contributed by atoms with E-state index in [0.717, 1.165) is 39.1 Å². The van der Waals surface area contributed by atoms with Gasteiger partial charge >= 0.3 is 6.09 Å². The first kappa shape index (κ1) is 27.3. The Kier molecular flexibility index (Phi) is 6.92. The van der Waals surface area contributed by atoms with Crippen LogP contribution in [0.4, 0.5) is 4.79 Å². The number of ether oxygens (including phenoxy) is 1. The number of aromatic amines is 1. The number of alkyl carbamates (subject to hydrolysis) is 1. The zero-order valence-electron chi connectivity index (χ0n) is 23.7. The van der Waals surface area contributed by atoms with Crippen LogP contribution in [0, 0.1) is 18.3 Å². The van der Waals surface area contributed by atoms with Crippen molar-refractivity contribution in [1.82, 2.24) is 35.1 Å². The standard InChI is InChI=1S/C30H30N8O3/c1-17-20(19-13-33-37(5)16-19)9-10-21(24(17)12-31)27-25(14-34-38(27)6)18-7-8-22-23(11-18)26(35-36-28(22)39)15-32-29(40)41-30(2,3)4/h7-11,13-14,16H,15H2,1-6H3,(H,32,40)(H,36,39). The molecule has 0 aliphatic carbocycles. The summed E-state index contributed by atoms with van der Waals surface area (Å²) < 4.78 is 8.80. The number of nitrogens with zero attached hydrogens (tertiary/aromatic N) is 6. The Morgan fingerprint density at radius 1 is 1.05 bits per heavy atom. The van der Waals surface area contributed by atoms with Gasteiger partial charge in [-0.25, -0.2) is 9.89 Å². The van der Waals surface area contributed by atoms with E-state index in [1.807, 2.05) is 51.5 Å². The van der Waals surface area contributed by atoms with Gasteiger partial charge in [-0.2, -0.15) is 20.6 Å². The second kappa shape index (κ2) is 10.4. The van der Waals surface area contributed by atoms with Crippen molar-refractivity contribution in [2.45, 2.75) is 39.8 Å². The predicted octanol–water partition coefficient (Wildman–Crippen LogP) is 4.60. The minimum absolute atomic E-state index is 0.0547. The van der Waals surface area contributed by atoms with Crippen LogP contribution in [0.1, 0.15) is 37.6 Å². The van der Waals surface area contributed by atoms with Crippen LogP contribution in [0.2, 0.25) is 0 Å². The van der Waals surface area contributed by atoms with Crippen molar-refractivity contribution in [3.05, 3.63) is 76.1 Å². The largest absolute Gasteiger partial charge is 0.444 e. The normalized spacial score (nSPS) is 11.4. The van der Waals surface area contributed by atoms with Crippen LogP contribution in [-0.2, 0) is 25.4 Å². The van der Waals surface area contributed by atoms with Crippen LogP contribution in [-0.4, -0.2) is 41.5 Å². The number of aryl methyl sites for hydroxylation is 2. The summed E-state index contributed by atoms with van der Waals surface area (Å²) in [4.78, 5) is 24.8. The summed E-state index contributed by atoms with van der Waals surface area (Å²) in [5.74, 6) is 0. The highest BCUT2D eigenvalue weighted by Crippen LogP contribution is 2.38. The lowest BCUT2D eigenvalue weighted by molar-refractivity contribution is 0.0523. The fraction of sp³-hybridized carbons (Fsp3) is 0.267. The van der Waals surface area contributed by atoms with E-state index < -0.39 is 11.7 Å². The number of hydrogen-bond acceptors (Lipinski definition) is 7. The molecule has 0 aliphatic rings. The number of H-pyrrole nitrogens is 1. The molecule has 3 aromatic heterocycles. The maximum Gasteiger partial charge on any atom is 0.407 e. The van der Waals surface area contributed by atoms with Crippen LogP contribution in [0.15, 0.2) is 53.7 Å². The summed E-state index contributed by atoms with van der Waals surface area (Å²) in [5, 5.41) is 29.4. The maximum absolute atomic E-state index is 12.6. The molecule has 41 heavy (non-hydrogen) atoms. The zero-order chi connectivity index (χ0) is 29.5. The number of hydrogen-bond donors (Lipinski definition) is 2. The number of nitrogens with one attached hydrogen (secondary N) is 2. The summed E-state index contributed by atoms with van der Waals surface area (Å²) in [6.45, 7) is 7.33. The number of amides is 1. The topological polar surface area (TPSA) is 144 Å². The van der Waals surface area contributed by atoms with E-state index in [0.29, 0.717) is 22.0 Å². The van der Waals surface area contributed by atoms with Gasteiger partial charge in [-0.1, -0.05) is 18.2 Å². The van der Waals surface area contributed by atoms with E-state index in [9.17, 15) is 14.9 Å². The molecule has 0 saturated carbocycles. The Bertz CT molecular complexity index is 1900. The zero-order valence-corrected chi connectivity index (χ0v) is 23.7. The van der Waals surface area contributed by atoms with Gasteiger partial charge < -0.3 is 10.1 Å². The summed E-state index contributed by atoms with van der Waals surface area (Å²) in [7, 11) is 3.68. The van der Waals surface area contributed by atoms with Crippen LogP contribution < -0.4 is 10.9 Å². The molecule has 11 nitrogen and oxygen atoms in total. The van der Waals surface area contributed by atoms with Crippen LogP contribution in [0.25, 0.3) is 44.3 Å². The predicted molar refractivity (Wildman–Crippen MR) is 155 cm³/mol. The van der Waals surface area contributed by atoms with Gasteiger partial charge in [0.1, 0.15) is 11.7 Å². The molecule has 2 N–H and O–H groups in total. The minimum Gasteiger partial charge on any atom is -0.444 e. The van der Waals surface area contributed by atoms with E-state index in [-0.39, 0.29) is 12.1 Å². The molecular formula is C30H30N8O3. The van der Waals surface area contributed by atoms with Crippen molar-refractivity contribution >= 4 is 16.9 Å². The highest BCUT2D eigenvalue weighted by Gasteiger charge is 2.21. The van der Waals surface area contributed by atoms with Crippen molar-refractivity contribution in [1.29, 1.82) is 5.26 Å². The first-order valence-corrected chi connectivity index (χ1v) is 13.0. The Hall–Kier alpha value is -5.24. The van der Waals surface area contributed by atoms with Gasteiger partial charge in [-0.05, 0) is 56.5 Å². The molecule has 208 valence electrons. The van der Waals surface area contributed by atoms with Gasteiger partial charge in [0.25, 0.3) is 5.56 Å². The van der Waals surface area contributed by atoms with Crippen LogP contribution >= 0.6 is 0 Å². The Balaban J connectivity index is 1.59. The first-order valence-electron chi connectivity index (χ1n) is 13.0. The first-order chi connectivity index (χ1) is 19.5. The lowest BCUT2D eigenvalue weighted by atomic mass is 9.91. The van der Waals surface area contributed by atoms with Crippen LogP contribution in [0.5, 0.6) is 0 Å². The molecule has 0 aliphatic heterocycles. The molecule has 0 bridgehead atoms. The molecule has 0 radical (unpaired) electrons. The number of aromatic nitrogens is 6. The molecule has 1 amide bonds. The molecule has 0 atom stereocenters. The van der Waals surface area contributed by atoms with E-state index >= 15 is 0 Å². The fourth-order valence-electron chi connectivity index (χ4n) is 4.89. The monoisotopic (exact) mass is 550 g/mol. The van der Waals surface area contributed by atoms with Crippen molar-refractivity contribution in [3.63, 3.8) is 0 Å². The van der Waals surface area contributed by atoms with Crippen molar-refractivity contribution in [3.8, 4) is 39.6 Å². The van der Waals surface area contributed by atoms with E-state index in [4.69, 9.17) is 4.74 Å². The molecule has 0 spiro atoms. The van der Waals surface area contributed by atoms with Crippen LogP contribution in [0.3, 0.4) is 0 Å². The minimum atomic E-state index is -0.648. The number of benzene rings is 2. The van der Waals surface area contributed by atoms with E-state index in [1.165, 1.54) is 0 Å². The average molecular weight is 551 g/mol. The number of carbonyl (C=O) groups is 1. The van der Waals surface area contributed by atoms with Gasteiger partial charge in [0.2, 0.25) is 0 Å². The van der Waals surface area contributed by atoms with Crippen molar-refractivity contribution < 1.29 is 9.53 Å². The molecule has 3 heterocycles. The number of rotatable bonds is 5. The second-order valence-corrected chi connectivity index (χ2v) is 10.8. The summed E-state index contributed by atoms with van der Waals surface area (Å²) in [6, 6.07) is 11.7. The lowest BCUT2D eigenvalue weighted by Crippen LogP contribution is -2.32. The molecule has 2 aromatic carbocycles. The number of carbonyl (C=O) groups excluding carboxylic acids is 1. The smallest absolute Gasteiger partial charge is 0.407 e. The highest BCUT2D eigenvalue weighted by molar-refractivity contribution is 5.92. The molecule has 5 rings (SSSR count). The highest BCUT2D eigenvalue weighted by atomic mass is 16.6. The molecule has 0 fully saturated rings. The van der Waals surface area contributed by atoms with Gasteiger partial charge in [-0.3, -0.25) is 14.2 Å². The van der Waals surface area contributed by atoms with E-state index in [1.54, 1.807) is 48.6 Å². The second-order valence-electron chi connectivity index (χ2n) is 10.8. The molecule has 5 aromatic rings. The quantitative estimate of drug-likeness (QED) is 0.326. The number of nitriles is 1. The molecule has 11 heteroatoms. The fourth-order valence-corrected chi connectivity index (χ4v) is 4.89. The number of fused-ring (bicyclic) bond motifs is 1. The summed E-state index contributed by atoms with van der Waals surface area (Å²) in [6.07, 6.45) is 4.84. The van der Waals surface area contributed by atoms with E-state index in [2.05, 4.69) is 31.8 Å². The third-order valence-electron chi connectivity index (χ3n) is 6.76. The lowest BCUT2D eigenvalue weighted by Gasteiger charge is -2.19. The van der Waals surface area contributed by atoms with Gasteiger partial charge in [0.15, 0.2) is 0 Å². The Morgan fingerprint density at radius 3 is 2.49 bits per heavy atom. The van der Waals surface area contributed by atoms with Crippen molar-refractivity contribution in [2.24, 2.45) is 14.1 Å². The summed E-state index contributed by atoms with van der Waals surface area (Å²) >= 11 is 0. The molecule has 0 saturated heterocycles. The van der Waals surface area contributed by atoms with Crippen molar-refractivity contribution in [2.75, 3.05) is 0 Å². The third kappa shape index (κ3) is 5.32. The average Bonchev–Trinajstić information content (AvgIpc) is 3.52. The third-order valence-corrected chi connectivity index (χ3v) is 6.76. The van der Waals surface area contributed by atoms with Gasteiger partial charge in [-0.15, -0.1) is 0 Å². The molecular weight excluding hydrogens is 520 g/mol. The maximum atomic E-state index is 12.6. The van der Waals surface area contributed by atoms with Gasteiger partial charge in [0, 0.05) is 42.4 Å². The molecule has 0 unspecified atom stereocenters. The Morgan fingerprint density at radius 2 is 1.80 bits per heavy atom. The SMILES string of the molecule is Cc1c(-c2cnn(C)c2)ccc(-c2c(-c3ccc4c(=O)[nH]nc(CNC(=O)OC(C)(C)C)c4c3)cnn2C)c1C#N.